The summed E-state index contributed by atoms with van der Waals surface area (Å²) < 4.78 is 0. The summed E-state index contributed by atoms with van der Waals surface area (Å²) >= 11 is 0. The van der Waals surface area contributed by atoms with Crippen molar-refractivity contribution in [1.29, 1.82) is 0 Å². The maximum Gasteiger partial charge on any atom is 0.336 e. The molecule has 0 N–H and O–H groups in total. The van der Waals surface area contributed by atoms with Gasteiger partial charge < -0.3 is 4.84 Å². The maximum absolute atomic E-state index is 12.6. The van der Waals surface area contributed by atoms with Gasteiger partial charge in [-0.1, -0.05) is 51.8 Å². The quantitative estimate of drug-likeness (QED) is 0.698. The highest BCUT2D eigenvalue weighted by Crippen LogP contribution is 2.26. The van der Waals surface area contributed by atoms with Gasteiger partial charge in [0, 0.05) is 12.3 Å². The molecule has 1 aliphatic rings. The van der Waals surface area contributed by atoms with Crippen LogP contribution in [0.4, 0.5) is 0 Å². The SMILES string of the molecule is CC(C)[C@H](C)C(=O)C[C@H](C(=O)ON1C(=O)c2ccccc2C1=O)C(C)C. The second-order valence-corrected chi connectivity index (χ2v) is 7.41. The average molecular weight is 359 g/mol. The van der Waals surface area contributed by atoms with Gasteiger partial charge in [0.1, 0.15) is 5.78 Å². The molecule has 0 fully saturated rings. The molecule has 0 saturated heterocycles. The molecule has 2 atom stereocenters. The molecule has 0 aliphatic carbocycles. The molecule has 0 bridgehead atoms. The van der Waals surface area contributed by atoms with E-state index in [1.54, 1.807) is 12.1 Å². The second-order valence-electron chi connectivity index (χ2n) is 7.41. The van der Waals surface area contributed by atoms with Crippen LogP contribution in [0.25, 0.3) is 0 Å². The van der Waals surface area contributed by atoms with Crippen LogP contribution in [0.15, 0.2) is 24.3 Å². The van der Waals surface area contributed by atoms with Crippen molar-refractivity contribution >= 4 is 23.6 Å². The van der Waals surface area contributed by atoms with E-state index in [0.29, 0.717) is 5.06 Å². The first kappa shape index (κ1) is 19.8. The van der Waals surface area contributed by atoms with Gasteiger partial charge in [0.2, 0.25) is 0 Å². The molecule has 1 aromatic carbocycles. The van der Waals surface area contributed by atoms with E-state index in [0.717, 1.165) is 0 Å². The van der Waals surface area contributed by atoms with Crippen LogP contribution in [0.2, 0.25) is 0 Å². The predicted octanol–water partition coefficient (Wildman–Crippen LogP) is 3.26. The van der Waals surface area contributed by atoms with E-state index in [1.165, 1.54) is 12.1 Å². The molecule has 0 spiro atoms. The van der Waals surface area contributed by atoms with E-state index in [-0.39, 0.29) is 41.1 Å². The number of carbonyl (C=O) groups is 4. The number of benzene rings is 1. The van der Waals surface area contributed by atoms with E-state index >= 15 is 0 Å². The second kappa shape index (κ2) is 7.81. The van der Waals surface area contributed by atoms with Gasteiger partial charge in [-0.3, -0.25) is 14.4 Å². The first-order chi connectivity index (χ1) is 12.1. The van der Waals surface area contributed by atoms with Crippen LogP contribution >= 0.6 is 0 Å². The van der Waals surface area contributed by atoms with Crippen LogP contribution in [-0.2, 0) is 14.4 Å². The predicted molar refractivity (Wildman–Crippen MR) is 95.0 cm³/mol. The number of ketones is 1. The molecule has 2 rings (SSSR count). The fraction of sp³-hybridized carbons (Fsp3) is 0.500. The Morgan fingerprint density at radius 3 is 1.85 bits per heavy atom. The highest BCUT2D eigenvalue weighted by atomic mass is 16.7. The molecule has 2 amide bonds. The molecule has 0 unspecified atom stereocenters. The van der Waals surface area contributed by atoms with Crippen LogP contribution in [0, 0.1) is 23.7 Å². The standard InChI is InChI=1S/C20H25NO5/c1-11(2)13(5)17(22)10-16(12(3)4)20(25)26-21-18(23)14-8-6-7-9-15(14)19(21)24/h6-9,11-13,16H,10H2,1-5H3/t13-,16-/m0/s1. The highest BCUT2D eigenvalue weighted by Gasteiger charge is 2.40. The Bertz CT molecular complexity index is 702. The molecular weight excluding hydrogens is 334 g/mol. The summed E-state index contributed by atoms with van der Waals surface area (Å²) in [5.74, 6) is -2.98. The number of imide groups is 1. The Morgan fingerprint density at radius 1 is 0.923 bits per heavy atom. The van der Waals surface area contributed by atoms with Gasteiger partial charge in [-0.05, 0) is 24.0 Å². The van der Waals surface area contributed by atoms with Crippen molar-refractivity contribution in [3.8, 4) is 0 Å². The smallest absolute Gasteiger partial charge is 0.329 e. The zero-order valence-corrected chi connectivity index (χ0v) is 15.8. The Kier molecular flexibility index (Phi) is 5.95. The molecule has 26 heavy (non-hydrogen) atoms. The summed E-state index contributed by atoms with van der Waals surface area (Å²) in [6.45, 7) is 9.34. The zero-order valence-electron chi connectivity index (χ0n) is 15.8. The maximum atomic E-state index is 12.6. The number of hydrogen-bond donors (Lipinski definition) is 0. The van der Waals surface area contributed by atoms with Crippen molar-refractivity contribution < 1.29 is 24.0 Å². The molecule has 6 nitrogen and oxygen atoms in total. The number of Topliss-reactive ketones (excluding diaryl/α,β-unsaturated/α-hetero) is 1. The van der Waals surface area contributed by atoms with E-state index in [9.17, 15) is 19.2 Å². The summed E-state index contributed by atoms with van der Waals surface area (Å²) in [7, 11) is 0. The lowest BCUT2D eigenvalue weighted by molar-refractivity contribution is -0.176. The van der Waals surface area contributed by atoms with Gasteiger partial charge in [-0.25, -0.2) is 4.79 Å². The first-order valence-electron chi connectivity index (χ1n) is 8.87. The summed E-state index contributed by atoms with van der Waals surface area (Å²) in [4.78, 5) is 54.7. The average Bonchev–Trinajstić information content (AvgIpc) is 2.83. The summed E-state index contributed by atoms with van der Waals surface area (Å²) in [6, 6.07) is 6.30. The normalized spacial score (nSPS) is 16.0. The van der Waals surface area contributed by atoms with Crippen LogP contribution < -0.4 is 0 Å². The van der Waals surface area contributed by atoms with E-state index in [2.05, 4.69) is 0 Å². The molecule has 1 heterocycles. The molecule has 0 radical (unpaired) electrons. The number of hydroxylamine groups is 2. The summed E-state index contributed by atoms with van der Waals surface area (Å²) in [5, 5.41) is 0.499. The Hall–Kier alpha value is -2.50. The molecule has 140 valence electrons. The van der Waals surface area contributed by atoms with Crippen molar-refractivity contribution in [3.05, 3.63) is 35.4 Å². The van der Waals surface area contributed by atoms with Crippen LogP contribution in [0.3, 0.4) is 0 Å². The van der Waals surface area contributed by atoms with Gasteiger partial charge in [-0.2, -0.15) is 0 Å². The van der Waals surface area contributed by atoms with E-state index in [1.807, 2.05) is 34.6 Å². The lowest BCUT2D eigenvalue weighted by Crippen LogP contribution is -2.37. The third-order valence-corrected chi connectivity index (χ3v) is 4.97. The van der Waals surface area contributed by atoms with Crippen LogP contribution in [0.1, 0.15) is 61.8 Å². The Balaban J connectivity index is 2.13. The lowest BCUT2D eigenvalue weighted by atomic mass is 9.84. The minimum atomic E-state index is -0.737. The number of rotatable bonds is 7. The Labute approximate surface area is 153 Å². The van der Waals surface area contributed by atoms with Gasteiger partial charge in [0.15, 0.2) is 0 Å². The lowest BCUT2D eigenvalue weighted by Gasteiger charge is -2.23. The zero-order chi connectivity index (χ0) is 19.6. The fourth-order valence-electron chi connectivity index (χ4n) is 2.77. The van der Waals surface area contributed by atoms with Gasteiger partial charge in [0.25, 0.3) is 11.8 Å². The number of amides is 2. The molecule has 0 aromatic heterocycles. The highest BCUT2D eigenvalue weighted by molar-refractivity contribution is 6.20. The van der Waals surface area contributed by atoms with E-state index in [4.69, 9.17) is 4.84 Å². The minimum Gasteiger partial charge on any atom is -0.329 e. The first-order valence-corrected chi connectivity index (χ1v) is 8.87. The number of nitrogens with zero attached hydrogens (tertiary/aromatic N) is 1. The van der Waals surface area contributed by atoms with Crippen molar-refractivity contribution in [2.45, 2.75) is 41.0 Å². The molecular formula is C20H25NO5. The van der Waals surface area contributed by atoms with Crippen molar-refractivity contribution in [2.24, 2.45) is 23.7 Å². The number of fused-ring (bicyclic) bond motifs is 1. The largest absolute Gasteiger partial charge is 0.336 e. The third-order valence-electron chi connectivity index (χ3n) is 4.97. The van der Waals surface area contributed by atoms with Crippen LogP contribution in [-0.4, -0.2) is 28.6 Å². The molecule has 1 aromatic rings. The molecule has 6 heteroatoms. The number of carbonyl (C=O) groups excluding carboxylic acids is 4. The van der Waals surface area contributed by atoms with Crippen molar-refractivity contribution in [2.75, 3.05) is 0 Å². The van der Waals surface area contributed by atoms with Gasteiger partial charge in [-0.15, -0.1) is 0 Å². The Morgan fingerprint density at radius 2 is 1.42 bits per heavy atom. The summed E-state index contributed by atoms with van der Waals surface area (Å²) in [5.41, 5.74) is 0.409. The van der Waals surface area contributed by atoms with Gasteiger partial charge in [0.05, 0.1) is 17.0 Å². The van der Waals surface area contributed by atoms with Crippen molar-refractivity contribution in [1.82, 2.24) is 5.06 Å². The molecule has 1 aliphatic heterocycles. The van der Waals surface area contributed by atoms with Crippen LogP contribution in [0.5, 0.6) is 0 Å². The van der Waals surface area contributed by atoms with Gasteiger partial charge >= 0.3 is 5.97 Å². The fourth-order valence-corrected chi connectivity index (χ4v) is 2.77. The summed E-state index contributed by atoms with van der Waals surface area (Å²) in [6.07, 6.45) is 0.0268. The topological polar surface area (TPSA) is 80.8 Å². The third kappa shape index (κ3) is 3.84. The monoisotopic (exact) mass is 359 g/mol. The minimum absolute atomic E-state index is 0.0268. The molecule has 0 saturated carbocycles. The number of hydrogen-bond acceptors (Lipinski definition) is 5. The van der Waals surface area contributed by atoms with Crippen molar-refractivity contribution in [3.63, 3.8) is 0 Å². The van der Waals surface area contributed by atoms with E-state index < -0.39 is 23.7 Å².